The first kappa shape index (κ1) is 16.4. The van der Waals surface area contributed by atoms with Crippen LogP contribution in [0.4, 0.5) is 11.6 Å². The molecule has 0 fully saturated rings. The lowest BCUT2D eigenvalue weighted by Gasteiger charge is -2.22. The van der Waals surface area contributed by atoms with E-state index in [2.05, 4.69) is 39.2 Å². The van der Waals surface area contributed by atoms with Gasteiger partial charge in [-0.05, 0) is 37.5 Å². The Balaban J connectivity index is 1.77. The maximum atomic E-state index is 12.2. The molecule has 0 saturated heterocycles. The van der Waals surface area contributed by atoms with Crippen LogP contribution in [0.3, 0.4) is 0 Å². The van der Waals surface area contributed by atoms with E-state index >= 15 is 0 Å². The number of amides is 1. The maximum Gasteiger partial charge on any atom is 0.270 e. The van der Waals surface area contributed by atoms with Gasteiger partial charge in [-0.25, -0.2) is 9.97 Å². The van der Waals surface area contributed by atoms with Gasteiger partial charge in [0.1, 0.15) is 5.69 Å². The normalized spacial score (nSPS) is 16.1. The summed E-state index contributed by atoms with van der Waals surface area (Å²) >= 11 is 0. The van der Waals surface area contributed by atoms with Gasteiger partial charge in [-0.3, -0.25) is 4.79 Å². The van der Waals surface area contributed by atoms with Crippen molar-refractivity contribution >= 4 is 17.5 Å². The van der Waals surface area contributed by atoms with E-state index in [-0.39, 0.29) is 11.9 Å². The lowest BCUT2D eigenvalue weighted by atomic mass is 10.1. The van der Waals surface area contributed by atoms with Crippen LogP contribution < -0.4 is 10.2 Å². The van der Waals surface area contributed by atoms with Crippen molar-refractivity contribution in [2.24, 2.45) is 0 Å². The number of para-hydroxylation sites is 1. The van der Waals surface area contributed by atoms with E-state index in [1.807, 2.05) is 12.1 Å². The Labute approximate surface area is 141 Å². The zero-order chi connectivity index (χ0) is 16.9. The minimum Gasteiger partial charge on any atom is -0.385 e. The highest BCUT2D eigenvalue weighted by atomic mass is 16.5. The highest BCUT2D eigenvalue weighted by molar-refractivity contribution is 5.92. The summed E-state index contributed by atoms with van der Waals surface area (Å²) in [5, 5.41) is 2.85. The predicted octanol–water partition coefficient (Wildman–Crippen LogP) is 2.33. The molecule has 0 radical (unpaired) electrons. The molecule has 3 rings (SSSR count). The van der Waals surface area contributed by atoms with Gasteiger partial charge in [-0.2, -0.15) is 0 Å². The molecule has 1 aliphatic heterocycles. The minimum absolute atomic E-state index is 0.185. The Morgan fingerprint density at radius 1 is 1.38 bits per heavy atom. The number of hydrogen-bond acceptors (Lipinski definition) is 5. The summed E-state index contributed by atoms with van der Waals surface area (Å²) < 4.78 is 4.98. The second-order valence-corrected chi connectivity index (χ2v) is 5.90. The first-order valence-electron chi connectivity index (χ1n) is 8.18. The third-order valence-corrected chi connectivity index (χ3v) is 4.11. The molecular formula is C18H22N4O2. The number of carbonyl (C=O) groups is 1. The number of nitrogens with one attached hydrogen (secondary N) is 1. The van der Waals surface area contributed by atoms with E-state index < -0.39 is 0 Å². The SMILES string of the molecule is COCCCNC(=O)c1ccnc(N2c3ccccc3CC2C)n1. The van der Waals surface area contributed by atoms with Crippen LogP contribution in [0, 0.1) is 0 Å². The lowest BCUT2D eigenvalue weighted by Crippen LogP contribution is -2.29. The molecule has 0 spiro atoms. The molecule has 6 nitrogen and oxygen atoms in total. The summed E-state index contributed by atoms with van der Waals surface area (Å²) in [6, 6.07) is 10.2. The molecule has 1 atom stereocenters. The Morgan fingerprint density at radius 2 is 2.21 bits per heavy atom. The number of hydrogen-bond donors (Lipinski definition) is 1. The first-order chi connectivity index (χ1) is 11.7. The number of aromatic nitrogens is 2. The van der Waals surface area contributed by atoms with Crippen LogP contribution in [0.2, 0.25) is 0 Å². The van der Waals surface area contributed by atoms with Gasteiger partial charge < -0.3 is 15.0 Å². The number of anilines is 2. The van der Waals surface area contributed by atoms with Crippen molar-refractivity contribution in [1.82, 2.24) is 15.3 Å². The molecule has 1 aromatic carbocycles. The van der Waals surface area contributed by atoms with Crippen LogP contribution in [-0.2, 0) is 11.2 Å². The number of carbonyl (C=O) groups excluding carboxylic acids is 1. The molecule has 1 amide bonds. The Morgan fingerprint density at radius 3 is 3.04 bits per heavy atom. The van der Waals surface area contributed by atoms with Gasteiger partial charge in [-0.1, -0.05) is 18.2 Å². The number of fused-ring (bicyclic) bond motifs is 1. The molecule has 2 heterocycles. The highest BCUT2D eigenvalue weighted by Gasteiger charge is 2.28. The van der Waals surface area contributed by atoms with Crippen LogP contribution in [-0.4, -0.2) is 42.2 Å². The third kappa shape index (κ3) is 3.38. The summed E-state index contributed by atoms with van der Waals surface area (Å²) in [7, 11) is 1.65. The van der Waals surface area contributed by atoms with Crippen LogP contribution >= 0.6 is 0 Å². The van der Waals surface area contributed by atoms with Crippen molar-refractivity contribution in [2.45, 2.75) is 25.8 Å². The van der Waals surface area contributed by atoms with Gasteiger partial charge in [0, 0.05) is 38.2 Å². The molecule has 1 unspecified atom stereocenters. The van der Waals surface area contributed by atoms with E-state index in [1.54, 1.807) is 19.4 Å². The average Bonchev–Trinajstić information content (AvgIpc) is 2.94. The van der Waals surface area contributed by atoms with Crippen molar-refractivity contribution < 1.29 is 9.53 Å². The maximum absolute atomic E-state index is 12.2. The Hall–Kier alpha value is -2.47. The largest absolute Gasteiger partial charge is 0.385 e. The summed E-state index contributed by atoms with van der Waals surface area (Å²) in [6.45, 7) is 3.33. The minimum atomic E-state index is -0.185. The van der Waals surface area contributed by atoms with Crippen molar-refractivity contribution in [1.29, 1.82) is 0 Å². The van der Waals surface area contributed by atoms with Gasteiger partial charge in [0.15, 0.2) is 0 Å². The average molecular weight is 326 g/mol. The van der Waals surface area contributed by atoms with Gasteiger partial charge in [0.05, 0.1) is 0 Å². The first-order valence-corrected chi connectivity index (χ1v) is 8.18. The van der Waals surface area contributed by atoms with E-state index in [0.717, 1.165) is 18.5 Å². The number of rotatable bonds is 6. The fraction of sp³-hybridized carbons (Fsp3) is 0.389. The van der Waals surface area contributed by atoms with Crippen LogP contribution in [0.25, 0.3) is 0 Å². The Kier molecular flexibility index (Phi) is 5.05. The highest BCUT2D eigenvalue weighted by Crippen LogP contribution is 2.36. The van der Waals surface area contributed by atoms with Crippen LogP contribution in [0.15, 0.2) is 36.5 Å². The number of nitrogens with zero attached hydrogens (tertiary/aromatic N) is 3. The summed E-state index contributed by atoms with van der Waals surface area (Å²) in [5.74, 6) is 0.381. The number of ether oxygens (including phenoxy) is 1. The van der Waals surface area contributed by atoms with Crippen molar-refractivity contribution in [2.75, 3.05) is 25.2 Å². The molecule has 0 aliphatic carbocycles. The zero-order valence-electron chi connectivity index (χ0n) is 14.0. The molecular weight excluding hydrogens is 304 g/mol. The van der Waals surface area contributed by atoms with Crippen LogP contribution in [0.1, 0.15) is 29.4 Å². The molecule has 1 aromatic heterocycles. The number of benzene rings is 1. The molecule has 0 bridgehead atoms. The molecule has 1 aliphatic rings. The molecule has 0 saturated carbocycles. The molecule has 6 heteroatoms. The third-order valence-electron chi connectivity index (χ3n) is 4.11. The van der Waals surface area contributed by atoms with Gasteiger partial charge in [0.25, 0.3) is 5.91 Å². The van der Waals surface area contributed by atoms with E-state index in [0.29, 0.717) is 24.8 Å². The van der Waals surface area contributed by atoms with Gasteiger partial charge in [-0.15, -0.1) is 0 Å². The topological polar surface area (TPSA) is 67.3 Å². The fourth-order valence-electron chi connectivity index (χ4n) is 2.97. The van der Waals surface area contributed by atoms with Gasteiger partial charge >= 0.3 is 0 Å². The molecule has 2 aromatic rings. The molecule has 24 heavy (non-hydrogen) atoms. The van der Waals surface area contributed by atoms with Crippen molar-refractivity contribution in [3.05, 3.63) is 47.8 Å². The van der Waals surface area contributed by atoms with E-state index in [9.17, 15) is 4.79 Å². The predicted molar refractivity (Wildman–Crippen MR) is 92.6 cm³/mol. The fourth-order valence-corrected chi connectivity index (χ4v) is 2.97. The van der Waals surface area contributed by atoms with Crippen molar-refractivity contribution in [3.8, 4) is 0 Å². The van der Waals surface area contributed by atoms with Crippen molar-refractivity contribution in [3.63, 3.8) is 0 Å². The Bertz CT molecular complexity index is 720. The molecule has 1 N–H and O–H groups in total. The van der Waals surface area contributed by atoms with E-state index in [4.69, 9.17) is 4.74 Å². The summed E-state index contributed by atoms with van der Waals surface area (Å²) in [5.41, 5.74) is 2.78. The second-order valence-electron chi connectivity index (χ2n) is 5.90. The van der Waals surface area contributed by atoms with Crippen LogP contribution in [0.5, 0.6) is 0 Å². The summed E-state index contributed by atoms with van der Waals surface area (Å²) in [4.78, 5) is 23.2. The second kappa shape index (κ2) is 7.40. The van der Waals surface area contributed by atoms with E-state index in [1.165, 1.54) is 5.56 Å². The quantitative estimate of drug-likeness (QED) is 0.825. The standard InChI is InChI=1S/C18H22N4O2/c1-13-12-14-6-3-4-7-16(14)22(13)18-20-10-8-15(21-18)17(23)19-9-5-11-24-2/h3-4,6-8,10,13H,5,9,11-12H2,1-2H3,(H,19,23). The van der Waals surface area contributed by atoms with Gasteiger partial charge in [0.2, 0.25) is 5.95 Å². The smallest absolute Gasteiger partial charge is 0.270 e. The summed E-state index contributed by atoms with van der Waals surface area (Å²) in [6.07, 6.45) is 3.36. The lowest BCUT2D eigenvalue weighted by molar-refractivity contribution is 0.0943. The number of methoxy groups -OCH3 is 1. The monoisotopic (exact) mass is 326 g/mol. The zero-order valence-corrected chi connectivity index (χ0v) is 14.0. The molecule has 126 valence electrons.